The van der Waals surface area contributed by atoms with Gasteiger partial charge in [0.25, 0.3) is 0 Å². The molecule has 5 rings (SSSR count). The van der Waals surface area contributed by atoms with Gasteiger partial charge in [0.1, 0.15) is 29.5 Å². The van der Waals surface area contributed by atoms with E-state index in [1.54, 1.807) is 11.0 Å². The molecule has 3 aromatic rings. The summed E-state index contributed by atoms with van der Waals surface area (Å²) in [4.78, 5) is 19.9. The quantitative estimate of drug-likeness (QED) is 0.497. The summed E-state index contributed by atoms with van der Waals surface area (Å²) in [5, 5.41) is 0. The van der Waals surface area contributed by atoms with E-state index in [1.807, 2.05) is 43.7 Å². The van der Waals surface area contributed by atoms with Crippen molar-refractivity contribution in [3.63, 3.8) is 0 Å². The molecule has 1 saturated heterocycles. The Morgan fingerprint density at radius 1 is 1.14 bits per heavy atom. The first-order chi connectivity index (χ1) is 17.3. The topological polar surface area (TPSA) is 52.8 Å². The zero-order valence-electron chi connectivity index (χ0n) is 21.5. The number of rotatable bonds is 5. The lowest BCUT2D eigenvalue weighted by atomic mass is 10.1. The molecule has 7 nitrogen and oxygen atoms in total. The third-order valence-corrected chi connectivity index (χ3v) is 7.15. The Hall–Kier alpha value is -3.33. The summed E-state index contributed by atoms with van der Waals surface area (Å²) < 4.78 is 32.1. The summed E-state index contributed by atoms with van der Waals surface area (Å²) >= 11 is 0. The average Bonchev–Trinajstić information content (AvgIpc) is 3.20. The Kier molecular flexibility index (Phi) is 6.51. The zero-order chi connectivity index (χ0) is 25.6. The molecule has 1 aromatic carbocycles. The second-order valence-corrected chi connectivity index (χ2v) is 9.84. The lowest BCUT2D eigenvalue weighted by Crippen LogP contribution is -2.51. The number of hydrogen-bond donors (Lipinski definition) is 0. The molecule has 2 aromatic heterocycles. The molecule has 1 fully saturated rings. The van der Waals surface area contributed by atoms with E-state index in [0.29, 0.717) is 28.5 Å². The summed E-state index contributed by atoms with van der Waals surface area (Å²) in [6, 6.07) is 7.59. The molecule has 190 valence electrons. The third kappa shape index (κ3) is 4.36. The Morgan fingerprint density at radius 3 is 2.58 bits per heavy atom. The minimum Gasteiger partial charge on any atom is -0.367 e. The van der Waals surface area contributed by atoms with Crippen molar-refractivity contribution < 1.29 is 8.78 Å². The summed E-state index contributed by atoms with van der Waals surface area (Å²) in [5.74, 6) is 0.337. The average molecular weight is 494 g/mol. The van der Waals surface area contributed by atoms with Gasteiger partial charge in [-0.3, -0.25) is 9.89 Å². The minimum atomic E-state index is -0.525. The number of piperazine rings is 1. The maximum atomic E-state index is 15.3. The molecule has 0 saturated carbocycles. The highest BCUT2D eigenvalue weighted by Gasteiger charge is 2.24. The van der Waals surface area contributed by atoms with Crippen molar-refractivity contribution in [2.75, 3.05) is 42.6 Å². The van der Waals surface area contributed by atoms with Crippen molar-refractivity contribution in [2.45, 2.75) is 46.7 Å². The predicted molar refractivity (Wildman–Crippen MR) is 141 cm³/mol. The second-order valence-electron chi connectivity index (χ2n) is 9.84. The first-order valence-electron chi connectivity index (χ1n) is 12.6. The summed E-state index contributed by atoms with van der Waals surface area (Å²) in [6.45, 7) is 14.5. The highest BCUT2D eigenvalue weighted by molar-refractivity contribution is 6.13. The first-order valence-corrected chi connectivity index (χ1v) is 12.6. The number of nitrogens with zero attached hydrogens (tertiary/aromatic N) is 7. The SMILES string of the molecule is CCN1CCN(c2ccc(N3C=C(F)C(c4cc(F)c5nc(C)n(C(C)C)c5c4)=NC3)nc2)C[C@H]1C. The van der Waals surface area contributed by atoms with Gasteiger partial charge in [-0.05, 0) is 58.5 Å². The van der Waals surface area contributed by atoms with Crippen LogP contribution in [0.2, 0.25) is 0 Å². The van der Waals surface area contributed by atoms with Crippen LogP contribution in [-0.4, -0.2) is 64.0 Å². The normalized spacial score (nSPS) is 19.3. The molecule has 0 aliphatic carbocycles. The molecule has 2 aliphatic rings. The lowest BCUT2D eigenvalue weighted by molar-refractivity contribution is 0.199. The summed E-state index contributed by atoms with van der Waals surface area (Å²) in [7, 11) is 0. The molecule has 36 heavy (non-hydrogen) atoms. The number of aromatic nitrogens is 3. The van der Waals surface area contributed by atoms with Gasteiger partial charge in [-0.1, -0.05) is 6.92 Å². The van der Waals surface area contributed by atoms with Gasteiger partial charge in [-0.25, -0.2) is 18.7 Å². The van der Waals surface area contributed by atoms with E-state index in [0.717, 1.165) is 37.7 Å². The standard InChI is InChI=1S/C27H33F2N7/c1-6-33-9-10-34(14-18(33)4)21-7-8-25(30-13-21)35-15-23(29)26(31-16-35)20-11-22(28)27-24(12-20)36(17(2)3)19(5)32-27/h7-8,11-13,15,17-18H,6,9-10,14,16H2,1-5H3/t18-/m1/s1. The van der Waals surface area contributed by atoms with Crippen LogP contribution in [0.5, 0.6) is 0 Å². The molecule has 0 N–H and O–H groups in total. The van der Waals surface area contributed by atoms with Crippen LogP contribution in [0.3, 0.4) is 0 Å². The molecule has 9 heteroatoms. The Labute approximate surface area is 210 Å². The van der Waals surface area contributed by atoms with Crippen molar-refractivity contribution in [3.8, 4) is 0 Å². The molecule has 0 unspecified atom stereocenters. The lowest BCUT2D eigenvalue weighted by Gasteiger charge is -2.40. The number of anilines is 2. The Morgan fingerprint density at radius 2 is 1.94 bits per heavy atom. The van der Waals surface area contributed by atoms with E-state index >= 15 is 4.39 Å². The van der Waals surface area contributed by atoms with Gasteiger partial charge in [-0.15, -0.1) is 0 Å². The van der Waals surface area contributed by atoms with Gasteiger partial charge >= 0.3 is 0 Å². The minimum absolute atomic E-state index is 0.0987. The molecule has 1 atom stereocenters. The molecular formula is C27H33F2N7. The number of aliphatic imine (C=N–C) groups is 1. The van der Waals surface area contributed by atoms with E-state index in [-0.39, 0.29) is 18.4 Å². The van der Waals surface area contributed by atoms with Gasteiger partial charge in [0.2, 0.25) is 0 Å². The number of benzene rings is 1. The monoisotopic (exact) mass is 493 g/mol. The van der Waals surface area contributed by atoms with E-state index in [1.165, 1.54) is 12.3 Å². The summed E-state index contributed by atoms with van der Waals surface area (Å²) in [6.07, 6.45) is 3.23. The van der Waals surface area contributed by atoms with Crippen molar-refractivity contribution in [2.24, 2.45) is 4.99 Å². The van der Waals surface area contributed by atoms with Crippen LogP contribution in [0.15, 0.2) is 47.5 Å². The highest BCUT2D eigenvalue weighted by Crippen LogP contribution is 2.28. The Bertz CT molecular complexity index is 1330. The molecular weight excluding hydrogens is 460 g/mol. The second kappa shape index (κ2) is 9.61. The third-order valence-electron chi connectivity index (χ3n) is 7.15. The Balaban J connectivity index is 1.35. The van der Waals surface area contributed by atoms with Gasteiger partial charge in [0, 0.05) is 43.5 Å². The van der Waals surface area contributed by atoms with Crippen LogP contribution in [0.1, 0.15) is 45.1 Å². The van der Waals surface area contributed by atoms with Crippen molar-refractivity contribution >= 4 is 28.3 Å². The molecule has 2 aliphatic heterocycles. The number of hydrogen-bond acceptors (Lipinski definition) is 6. The zero-order valence-corrected chi connectivity index (χ0v) is 21.5. The maximum Gasteiger partial charge on any atom is 0.165 e. The van der Waals surface area contributed by atoms with E-state index in [2.05, 4.69) is 38.6 Å². The van der Waals surface area contributed by atoms with Crippen LogP contribution in [0, 0.1) is 12.7 Å². The molecule has 0 amide bonds. The number of pyridine rings is 1. The van der Waals surface area contributed by atoms with Crippen LogP contribution < -0.4 is 9.80 Å². The fourth-order valence-electron chi connectivity index (χ4n) is 5.32. The van der Waals surface area contributed by atoms with Gasteiger partial charge in [-0.2, -0.15) is 0 Å². The van der Waals surface area contributed by atoms with Crippen LogP contribution in [0.25, 0.3) is 11.0 Å². The number of likely N-dealkylation sites (N-methyl/N-ethyl adjacent to an activating group) is 1. The van der Waals surface area contributed by atoms with Crippen molar-refractivity contribution in [1.29, 1.82) is 0 Å². The van der Waals surface area contributed by atoms with Crippen LogP contribution in [0.4, 0.5) is 20.3 Å². The van der Waals surface area contributed by atoms with Gasteiger partial charge in [0.15, 0.2) is 11.6 Å². The number of fused-ring (bicyclic) bond motifs is 1. The molecule has 0 radical (unpaired) electrons. The van der Waals surface area contributed by atoms with Gasteiger partial charge < -0.3 is 14.4 Å². The highest BCUT2D eigenvalue weighted by atomic mass is 19.1. The number of imidazole rings is 1. The van der Waals surface area contributed by atoms with E-state index in [4.69, 9.17) is 0 Å². The van der Waals surface area contributed by atoms with E-state index in [9.17, 15) is 4.39 Å². The smallest absolute Gasteiger partial charge is 0.165 e. The maximum absolute atomic E-state index is 15.3. The van der Waals surface area contributed by atoms with Gasteiger partial charge in [0.05, 0.1) is 17.4 Å². The number of allylic oxidation sites excluding steroid dienone is 1. The molecule has 0 spiro atoms. The van der Waals surface area contributed by atoms with Crippen LogP contribution >= 0.6 is 0 Å². The number of aryl methyl sites for hydroxylation is 1. The predicted octanol–water partition coefficient (Wildman–Crippen LogP) is 5.07. The first kappa shape index (κ1) is 24.4. The molecule has 0 bridgehead atoms. The molecule has 4 heterocycles. The number of halogens is 2. The van der Waals surface area contributed by atoms with Crippen LogP contribution in [-0.2, 0) is 0 Å². The fraction of sp³-hybridized carbons (Fsp3) is 0.444. The van der Waals surface area contributed by atoms with Crippen molar-refractivity contribution in [3.05, 3.63) is 59.7 Å². The summed E-state index contributed by atoms with van der Waals surface area (Å²) in [5.41, 5.74) is 2.54. The fourth-order valence-corrected chi connectivity index (χ4v) is 5.32. The van der Waals surface area contributed by atoms with E-state index < -0.39 is 11.6 Å². The largest absolute Gasteiger partial charge is 0.367 e. The van der Waals surface area contributed by atoms with Crippen molar-refractivity contribution in [1.82, 2.24) is 19.4 Å².